The summed E-state index contributed by atoms with van der Waals surface area (Å²) < 4.78 is 0. The number of rotatable bonds is 8. The van der Waals surface area contributed by atoms with E-state index in [-0.39, 0.29) is 17.7 Å². The fourth-order valence-corrected chi connectivity index (χ4v) is 1.85. The van der Waals surface area contributed by atoms with Crippen molar-refractivity contribution in [3.8, 4) is 0 Å². The Bertz CT molecular complexity index is 458. The van der Waals surface area contributed by atoms with Gasteiger partial charge < -0.3 is 10.6 Å². The Kier molecular flexibility index (Phi) is 7.83. The van der Waals surface area contributed by atoms with E-state index in [0.29, 0.717) is 18.8 Å². The quantitative estimate of drug-likeness (QED) is 0.571. The van der Waals surface area contributed by atoms with Crippen LogP contribution in [0.1, 0.15) is 38.7 Å². The molecule has 0 saturated heterocycles. The third-order valence-electron chi connectivity index (χ3n) is 3.02. The van der Waals surface area contributed by atoms with E-state index in [2.05, 4.69) is 10.6 Å². The van der Waals surface area contributed by atoms with Gasteiger partial charge >= 0.3 is 0 Å². The minimum absolute atomic E-state index is 0.00431. The highest BCUT2D eigenvalue weighted by Crippen LogP contribution is 2.11. The number of hydrogen-bond acceptors (Lipinski definition) is 2. The largest absolute Gasteiger partial charge is 0.352 e. The number of carbonyl (C=O) groups excluding carboxylic acids is 2. The first-order valence-electron chi connectivity index (χ1n) is 7.25. The Hall–Kier alpha value is -1.55. The summed E-state index contributed by atoms with van der Waals surface area (Å²) in [7, 11) is 0. The van der Waals surface area contributed by atoms with Crippen LogP contribution in [0.3, 0.4) is 0 Å². The number of alkyl halides is 1. The van der Waals surface area contributed by atoms with E-state index in [4.69, 9.17) is 11.6 Å². The first-order chi connectivity index (χ1) is 10.0. The molecule has 0 saturated carbocycles. The summed E-state index contributed by atoms with van der Waals surface area (Å²) >= 11 is 5.57. The van der Waals surface area contributed by atoms with Crippen molar-refractivity contribution in [1.29, 1.82) is 0 Å². The van der Waals surface area contributed by atoms with Gasteiger partial charge in [-0.3, -0.25) is 9.59 Å². The Morgan fingerprint density at radius 1 is 1.14 bits per heavy atom. The van der Waals surface area contributed by atoms with E-state index in [1.54, 1.807) is 0 Å². The predicted molar refractivity (Wildman–Crippen MR) is 86.3 cm³/mol. The maximum Gasteiger partial charge on any atom is 0.226 e. The number of carbonyl (C=O) groups is 2. The van der Waals surface area contributed by atoms with Crippen LogP contribution in [-0.4, -0.2) is 17.7 Å². The molecule has 21 heavy (non-hydrogen) atoms. The molecule has 0 spiro atoms. The fourth-order valence-electron chi connectivity index (χ4n) is 1.66. The van der Waals surface area contributed by atoms with Gasteiger partial charge in [-0.05, 0) is 30.5 Å². The predicted octanol–water partition coefficient (Wildman–Crippen LogP) is 3.31. The van der Waals surface area contributed by atoms with Crippen molar-refractivity contribution in [2.75, 3.05) is 11.2 Å². The summed E-state index contributed by atoms with van der Waals surface area (Å²) in [5.74, 6) is 0.584. The molecule has 0 atom stereocenters. The summed E-state index contributed by atoms with van der Waals surface area (Å²) in [5, 5.41) is 5.70. The zero-order valence-electron chi connectivity index (χ0n) is 12.6. The van der Waals surface area contributed by atoms with E-state index in [0.717, 1.165) is 24.1 Å². The third-order valence-corrected chi connectivity index (χ3v) is 3.29. The molecule has 1 rings (SSSR count). The van der Waals surface area contributed by atoms with Crippen LogP contribution in [-0.2, 0) is 16.1 Å². The van der Waals surface area contributed by atoms with Crippen molar-refractivity contribution in [1.82, 2.24) is 5.32 Å². The normalized spacial score (nSPS) is 10.5. The minimum Gasteiger partial charge on any atom is -0.352 e. The number of benzene rings is 1. The van der Waals surface area contributed by atoms with Gasteiger partial charge in [-0.25, -0.2) is 0 Å². The number of unbranched alkanes of at least 4 members (excludes halogenated alkanes) is 1. The highest BCUT2D eigenvalue weighted by molar-refractivity contribution is 6.17. The molecule has 4 nitrogen and oxygen atoms in total. The van der Waals surface area contributed by atoms with Crippen LogP contribution in [0.4, 0.5) is 5.69 Å². The lowest BCUT2D eigenvalue weighted by Gasteiger charge is -2.09. The van der Waals surface area contributed by atoms with E-state index in [1.165, 1.54) is 0 Å². The molecule has 2 amide bonds. The molecule has 1 aromatic rings. The molecular formula is C16H23ClN2O2. The van der Waals surface area contributed by atoms with Gasteiger partial charge in [-0.15, -0.1) is 11.6 Å². The number of anilines is 1. The van der Waals surface area contributed by atoms with Crippen molar-refractivity contribution < 1.29 is 9.59 Å². The SMILES string of the molecule is CC(C)C(=O)Nc1ccc(CNC(=O)CCCCCl)cc1. The topological polar surface area (TPSA) is 58.2 Å². The summed E-state index contributed by atoms with van der Waals surface area (Å²) in [6, 6.07) is 7.48. The second kappa shape index (κ2) is 9.40. The van der Waals surface area contributed by atoms with Crippen molar-refractivity contribution in [3.63, 3.8) is 0 Å². The maximum absolute atomic E-state index is 11.6. The Labute approximate surface area is 131 Å². The smallest absolute Gasteiger partial charge is 0.226 e. The summed E-state index contributed by atoms with van der Waals surface area (Å²) in [6.45, 7) is 4.20. The van der Waals surface area contributed by atoms with Gasteiger partial charge in [-0.2, -0.15) is 0 Å². The van der Waals surface area contributed by atoms with Gasteiger partial charge in [-0.1, -0.05) is 26.0 Å². The minimum atomic E-state index is -0.0445. The van der Waals surface area contributed by atoms with Crippen LogP contribution >= 0.6 is 11.6 Å². The number of nitrogens with one attached hydrogen (secondary N) is 2. The first-order valence-corrected chi connectivity index (χ1v) is 7.79. The van der Waals surface area contributed by atoms with Crippen molar-refractivity contribution >= 4 is 29.1 Å². The summed E-state index contributed by atoms with van der Waals surface area (Å²) in [6.07, 6.45) is 2.18. The van der Waals surface area contributed by atoms with Gasteiger partial charge in [0.2, 0.25) is 11.8 Å². The van der Waals surface area contributed by atoms with Crippen molar-refractivity contribution in [3.05, 3.63) is 29.8 Å². The van der Waals surface area contributed by atoms with Gasteiger partial charge in [0, 0.05) is 30.5 Å². The first kappa shape index (κ1) is 17.5. The van der Waals surface area contributed by atoms with Crippen LogP contribution in [0.25, 0.3) is 0 Å². The maximum atomic E-state index is 11.6. The van der Waals surface area contributed by atoms with Gasteiger partial charge in [0.25, 0.3) is 0 Å². The molecule has 0 unspecified atom stereocenters. The van der Waals surface area contributed by atoms with E-state index < -0.39 is 0 Å². The second-order valence-corrected chi connectivity index (χ2v) is 5.64. The van der Waals surface area contributed by atoms with E-state index >= 15 is 0 Å². The van der Waals surface area contributed by atoms with E-state index in [1.807, 2.05) is 38.1 Å². The van der Waals surface area contributed by atoms with Gasteiger partial charge in [0.1, 0.15) is 0 Å². The molecule has 2 N–H and O–H groups in total. The summed E-state index contributed by atoms with van der Waals surface area (Å²) in [4.78, 5) is 23.1. The third kappa shape index (κ3) is 7.14. The molecule has 0 aliphatic rings. The monoisotopic (exact) mass is 310 g/mol. The molecule has 0 aliphatic carbocycles. The average molecular weight is 311 g/mol. The van der Waals surface area contributed by atoms with Gasteiger partial charge in [0.15, 0.2) is 0 Å². The van der Waals surface area contributed by atoms with Gasteiger partial charge in [0.05, 0.1) is 0 Å². The summed E-state index contributed by atoms with van der Waals surface area (Å²) in [5.41, 5.74) is 1.77. The molecule has 0 aromatic heterocycles. The number of amides is 2. The lowest BCUT2D eigenvalue weighted by atomic mass is 10.1. The lowest BCUT2D eigenvalue weighted by molar-refractivity contribution is -0.121. The van der Waals surface area contributed by atoms with Crippen LogP contribution in [0.5, 0.6) is 0 Å². The lowest BCUT2D eigenvalue weighted by Crippen LogP contribution is -2.22. The van der Waals surface area contributed by atoms with E-state index in [9.17, 15) is 9.59 Å². The molecule has 0 bridgehead atoms. The molecule has 116 valence electrons. The van der Waals surface area contributed by atoms with Crippen molar-refractivity contribution in [2.24, 2.45) is 5.92 Å². The Balaban J connectivity index is 2.37. The molecule has 0 radical (unpaired) electrons. The molecule has 0 heterocycles. The van der Waals surface area contributed by atoms with Crippen LogP contribution in [0.15, 0.2) is 24.3 Å². The van der Waals surface area contributed by atoms with Crippen LogP contribution < -0.4 is 10.6 Å². The fraction of sp³-hybridized carbons (Fsp3) is 0.500. The molecular weight excluding hydrogens is 288 g/mol. The molecule has 0 fully saturated rings. The number of halogens is 1. The zero-order chi connectivity index (χ0) is 15.7. The Morgan fingerprint density at radius 2 is 1.81 bits per heavy atom. The Morgan fingerprint density at radius 3 is 2.38 bits per heavy atom. The van der Waals surface area contributed by atoms with Crippen LogP contribution in [0, 0.1) is 5.92 Å². The second-order valence-electron chi connectivity index (χ2n) is 5.26. The van der Waals surface area contributed by atoms with Crippen molar-refractivity contribution in [2.45, 2.75) is 39.7 Å². The highest BCUT2D eigenvalue weighted by atomic mass is 35.5. The highest BCUT2D eigenvalue weighted by Gasteiger charge is 2.07. The number of hydrogen-bond donors (Lipinski definition) is 2. The molecule has 0 aliphatic heterocycles. The standard InChI is InChI=1S/C16H23ClN2O2/c1-12(2)16(21)19-14-8-6-13(7-9-14)11-18-15(20)5-3-4-10-17/h6-9,12H,3-5,10-11H2,1-2H3,(H,18,20)(H,19,21). The molecule has 5 heteroatoms. The van der Waals surface area contributed by atoms with Crippen LogP contribution in [0.2, 0.25) is 0 Å². The molecule has 1 aromatic carbocycles. The zero-order valence-corrected chi connectivity index (χ0v) is 13.4. The average Bonchev–Trinajstić information content (AvgIpc) is 2.46.